The molecule has 0 bridgehead atoms. The number of pyridine rings is 1. The Morgan fingerprint density at radius 1 is 1.44 bits per heavy atom. The van der Waals surface area contributed by atoms with Gasteiger partial charge in [-0.1, -0.05) is 13.8 Å². The van der Waals surface area contributed by atoms with E-state index in [0.29, 0.717) is 0 Å². The van der Waals surface area contributed by atoms with Gasteiger partial charge in [-0.3, -0.25) is 9.78 Å². The molecule has 3 nitrogen and oxygen atoms in total. The molecule has 98 valence electrons. The molecule has 1 saturated carbocycles. The molecule has 1 aromatic heterocycles. The Balaban J connectivity index is 2.46. The van der Waals surface area contributed by atoms with Crippen molar-refractivity contribution >= 4 is 5.97 Å². The van der Waals surface area contributed by atoms with Crippen molar-refractivity contribution in [2.45, 2.75) is 25.9 Å². The highest BCUT2D eigenvalue weighted by molar-refractivity contribution is 5.77. The molecule has 1 heterocycles. The van der Waals surface area contributed by atoms with Crippen LogP contribution in [0.15, 0.2) is 18.5 Å². The lowest BCUT2D eigenvalue weighted by molar-refractivity contribution is -0.140. The molecule has 18 heavy (non-hydrogen) atoms. The van der Waals surface area contributed by atoms with Gasteiger partial charge in [0.25, 0.3) is 0 Å². The van der Waals surface area contributed by atoms with Gasteiger partial charge in [-0.15, -0.1) is 0 Å². The third-order valence-electron chi connectivity index (χ3n) is 3.59. The van der Waals surface area contributed by atoms with E-state index < -0.39 is 35.0 Å². The van der Waals surface area contributed by atoms with Crippen molar-refractivity contribution in [2.75, 3.05) is 0 Å². The van der Waals surface area contributed by atoms with Crippen LogP contribution in [-0.2, 0) is 11.0 Å². The van der Waals surface area contributed by atoms with Crippen LogP contribution < -0.4 is 0 Å². The maximum Gasteiger partial charge on any atom is 0.418 e. The molecule has 0 radical (unpaired) electrons. The lowest BCUT2D eigenvalue weighted by atomic mass is 9.99. The summed E-state index contributed by atoms with van der Waals surface area (Å²) in [5.74, 6) is -2.45. The molecule has 6 heteroatoms. The molecule has 2 rings (SSSR count). The van der Waals surface area contributed by atoms with Gasteiger partial charge < -0.3 is 5.11 Å². The van der Waals surface area contributed by atoms with E-state index in [1.165, 1.54) is 12.3 Å². The van der Waals surface area contributed by atoms with Crippen molar-refractivity contribution in [3.63, 3.8) is 0 Å². The summed E-state index contributed by atoms with van der Waals surface area (Å²) in [7, 11) is 0. The highest BCUT2D eigenvalue weighted by atomic mass is 19.4. The van der Waals surface area contributed by atoms with E-state index in [0.717, 1.165) is 6.20 Å². The van der Waals surface area contributed by atoms with E-state index in [2.05, 4.69) is 4.98 Å². The van der Waals surface area contributed by atoms with Crippen LogP contribution in [0.3, 0.4) is 0 Å². The smallest absolute Gasteiger partial charge is 0.418 e. The summed E-state index contributed by atoms with van der Waals surface area (Å²) in [6, 6.07) is 1.26. The van der Waals surface area contributed by atoms with Crippen LogP contribution in [0.4, 0.5) is 13.2 Å². The molecule has 0 aliphatic heterocycles. The van der Waals surface area contributed by atoms with Crippen molar-refractivity contribution in [3.05, 3.63) is 29.6 Å². The first-order chi connectivity index (χ1) is 8.17. The first-order valence-electron chi connectivity index (χ1n) is 5.41. The second kappa shape index (κ2) is 3.70. The highest BCUT2D eigenvalue weighted by Crippen LogP contribution is 2.65. The van der Waals surface area contributed by atoms with Gasteiger partial charge in [-0.05, 0) is 17.0 Å². The number of alkyl halides is 3. The van der Waals surface area contributed by atoms with Crippen LogP contribution in [0.1, 0.15) is 30.9 Å². The molecule has 1 aliphatic carbocycles. The summed E-state index contributed by atoms with van der Waals surface area (Å²) in [6.45, 7) is 3.33. The maximum atomic E-state index is 12.8. The Hall–Kier alpha value is -1.59. The molecule has 1 N–H and O–H groups in total. The third-order valence-corrected chi connectivity index (χ3v) is 3.59. The van der Waals surface area contributed by atoms with Crippen LogP contribution in [0.25, 0.3) is 0 Å². The Morgan fingerprint density at radius 2 is 2.06 bits per heavy atom. The van der Waals surface area contributed by atoms with Gasteiger partial charge in [0.05, 0.1) is 11.5 Å². The lowest BCUT2D eigenvalue weighted by Gasteiger charge is -2.12. The SMILES string of the molecule is CC1(C)C(C(=O)O)C1c1ccncc1C(F)(F)F. The molecule has 0 spiro atoms. The number of hydrogen-bond acceptors (Lipinski definition) is 2. The number of carbonyl (C=O) groups is 1. The van der Waals surface area contributed by atoms with Crippen molar-refractivity contribution in [1.82, 2.24) is 4.98 Å². The van der Waals surface area contributed by atoms with E-state index in [9.17, 15) is 18.0 Å². The van der Waals surface area contributed by atoms with Gasteiger partial charge in [0, 0.05) is 18.3 Å². The van der Waals surface area contributed by atoms with E-state index in [-0.39, 0.29) is 5.56 Å². The second-order valence-corrected chi connectivity index (χ2v) is 5.08. The summed E-state index contributed by atoms with van der Waals surface area (Å²) < 4.78 is 38.5. The predicted octanol–water partition coefficient (Wildman–Crippen LogP) is 2.92. The fourth-order valence-corrected chi connectivity index (χ4v) is 2.59. The molecule has 1 fully saturated rings. The van der Waals surface area contributed by atoms with Crippen LogP contribution >= 0.6 is 0 Å². The number of rotatable bonds is 2. The van der Waals surface area contributed by atoms with Crippen LogP contribution in [0, 0.1) is 11.3 Å². The molecule has 1 aromatic rings. The minimum atomic E-state index is -4.51. The quantitative estimate of drug-likeness (QED) is 0.888. The zero-order valence-electron chi connectivity index (χ0n) is 9.82. The molecule has 0 aromatic carbocycles. The van der Waals surface area contributed by atoms with Gasteiger partial charge >= 0.3 is 12.1 Å². The van der Waals surface area contributed by atoms with E-state index in [1.54, 1.807) is 13.8 Å². The van der Waals surface area contributed by atoms with Gasteiger partial charge in [-0.2, -0.15) is 13.2 Å². The molecule has 2 atom stereocenters. The number of nitrogens with zero attached hydrogens (tertiary/aromatic N) is 1. The van der Waals surface area contributed by atoms with E-state index in [1.807, 2.05) is 0 Å². The minimum absolute atomic E-state index is 0.0231. The third kappa shape index (κ3) is 1.85. The number of hydrogen-bond donors (Lipinski definition) is 1. The maximum absolute atomic E-state index is 12.8. The van der Waals surface area contributed by atoms with Crippen molar-refractivity contribution in [1.29, 1.82) is 0 Å². The Bertz CT molecular complexity index is 496. The molecule has 0 saturated heterocycles. The first-order valence-corrected chi connectivity index (χ1v) is 5.41. The number of halogens is 3. The monoisotopic (exact) mass is 259 g/mol. The van der Waals surface area contributed by atoms with Crippen molar-refractivity contribution in [3.8, 4) is 0 Å². The summed E-state index contributed by atoms with van der Waals surface area (Å²) in [4.78, 5) is 14.5. The summed E-state index contributed by atoms with van der Waals surface area (Å²) in [5, 5.41) is 9.02. The summed E-state index contributed by atoms with van der Waals surface area (Å²) in [6.07, 6.45) is -2.49. The normalized spacial score (nSPS) is 25.8. The van der Waals surface area contributed by atoms with E-state index in [4.69, 9.17) is 5.11 Å². The van der Waals surface area contributed by atoms with Crippen LogP contribution in [0.5, 0.6) is 0 Å². The van der Waals surface area contributed by atoms with Gasteiger partial charge in [0.15, 0.2) is 0 Å². The minimum Gasteiger partial charge on any atom is -0.481 e. The Kier molecular flexibility index (Phi) is 2.64. The average Bonchev–Trinajstić information content (AvgIpc) is 2.80. The van der Waals surface area contributed by atoms with Crippen LogP contribution in [-0.4, -0.2) is 16.1 Å². The summed E-state index contributed by atoms with van der Waals surface area (Å²) >= 11 is 0. The number of carboxylic acids is 1. The molecular formula is C12H12F3NO2. The molecular weight excluding hydrogens is 247 g/mol. The van der Waals surface area contributed by atoms with Crippen molar-refractivity contribution in [2.24, 2.45) is 11.3 Å². The molecule has 0 amide bonds. The van der Waals surface area contributed by atoms with E-state index >= 15 is 0 Å². The topological polar surface area (TPSA) is 50.2 Å². The van der Waals surface area contributed by atoms with Gasteiger partial charge in [0.2, 0.25) is 0 Å². The van der Waals surface area contributed by atoms with Crippen molar-refractivity contribution < 1.29 is 23.1 Å². The Morgan fingerprint density at radius 3 is 2.50 bits per heavy atom. The Labute approximate surface area is 102 Å². The highest BCUT2D eigenvalue weighted by Gasteiger charge is 2.64. The lowest BCUT2D eigenvalue weighted by Crippen LogP contribution is -2.10. The van der Waals surface area contributed by atoms with Gasteiger partial charge in [0.1, 0.15) is 0 Å². The standard InChI is InChI=1S/C12H12F3NO2/c1-11(2)8(9(11)10(17)18)6-3-4-16-5-7(6)12(13,14)15/h3-5,8-9H,1-2H3,(H,17,18). The molecule has 2 unspecified atom stereocenters. The average molecular weight is 259 g/mol. The second-order valence-electron chi connectivity index (χ2n) is 5.08. The predicted molar refractivity (Wildman–Crippen MR) is 56.9 cm³/mol. The van der Waals surface area contributed by atoms with Crippen LogP contribution in [0.2, 0.25) is 0 Å². The largest absolute Gasteiger partial charge is 0.481 e. The first kappa shape index (κ1) is 12.9. The zero-order valence-corrected chi connectivity index (χ0v) is 9.82. The number of aromatic nitrogens is 1. The fourth-order valence-electron chi connectivity index (χ4n) is 2.59. The molecule has 1 aliphatic rings. The zero-order chi connectivity index (χ0) is 13.7. The number of carboxylic acid groups (broad SMARTS) is 1. The fraction of sp³-hybridized carbons (Fsp3) is 0.500. The van der Waals surface area contributed by atoms with Gasteiger partial charge in [-0.25, -0.2) is 0 Å². The summed E-state index contributed by atoms with van der Waals surface area (Å²) in [5.41, 5.74) is -1.48. The number of aliphatic carboxylic acids is 1.